The topological polar surface area (TPSA) is 43.4 Å². The highest BCUT2D eigenvalue weighted by molar-refractivity contribution is 6.35. The van der Waals surface area contributed by atoms with Gasteiger partial charge in [0.15, 0.2) is 0 Å². The molecule has 0 amide bonds. The van der Waals surface area contributed by atoms with E-state index in [4.69, 9.17) is 23.2 Å². The van der Waals surface area contributed by atoms with Crippen LogP contribution >= 0.6 is 23.2 Å². The number of esters is 1. The van der Waals surface area contributed by atoms with Crippen molar-refractivity contribution < 1.29 is 14.3 Å². The highest BCUT2D eigenvalue weighted by Gasteiger charge is 2.12. The second kappa shape index (κ2) is 5.87. The minimum atomic E-state index is -0.546. The Kier molecular flexibility index (Phi) is 4.77. The molecule has 86 valence electrons. The molecule has 0 heterocycles. The first-order valence-electron chi connectivity index (χ1n) is 4.55. The van der Waals surface area contributed by atoms with Gasteiger partial charge in [0.05, 0.1) is 7.11 Å². The molecule has 0 aliphatic rings. The van der Waals surface area contributed by atoms with Gasteiger partial charge in [-0.25, -0.2) is 0 Å². The molecule has 0 spiro atoms. The molecule has 0 unspecified atom stereocenters. The first kappa shape index (κ1) is 13.0. The van der Waals surface area contributed by atoms with Crippen molar-refractivity contribution in [1.82, 2.24) is 0 Å². The number of ketones is 1. The lowest BCUT2D eigenvalue weighted by molar-refractivity contribution is -0.143. The van der Waals surface area contributed by atoms with Gasteiger partial charge in [0.1, 0.15) is 12.2 Å². The number of methoxy groups -OCH3 is 1. The third-order valence-electron chi connectivity index (χ3n) is 1.97. The number of rotatable bonds is 4. The first-order valence-corrected chi connectivity index (χ1v) is 5.31. The lowest BCUT2D eigenvalue weighted by Gasteiger charge is -2.03. The van der Waals surface area contributed by atoms with Gasteiger partial charge in [-0.3, -0.25) is 9.59 Å². The zero-order valence-electron chi connectivity index (χ0n) is 8.63. The van der Waals surface area contributed by atoms with E-state index in [0.717, 1.165) is 0 Å². The zero-order valence-corrected chi connectivity index (χ0v) is 10.1. The number of hydrogen-bond donors (Lipinski definition) is 0. The van der Waals surface area contributed by atoms with Gasteiger partial charge in [-0.2, -0.15) is 0 Å². The zero-order chi connectivity index (χ0) is 12.1. The fraction of sp³-hybridized carbons (Fsp3) is 0.273. The number of benzene rings is 1. The summed E-state index contributed by atoms with van der Waals surface area (Å²) in [5.74, 6) is -0.786. The van der Waals surface area contributed by atoms with E-state index in [1.165, 1.54) is 7.11 Å². The molecule has 5 heteroatoms. The van der Waals surface area contributed by atoms with E-state index in [1.54, 1.807) is 18.2 Å². The van der Waals surface area contributed by atoms with Crippen molar-refractivity contribution in [3.05, 3.63) is 33.8 Å². The number of halogens is 2. The Morgan fingerprint density at radius 2 is 2.00 bits per heavy atom. The standard InChI is InChI=1S/C11H10Cl2O3/c1-16-11(15)6-9(14)4-7-2-3-8(12)5-10(7)13/h2-3,5H,4,6H2,1H3. The second-order valence-corrected chi connectivity index (χ2v) is 4.05. The summed E-state index contributed by atoms with van der Waals surface area (Å²) in [6.45, 7) is 0. The van der Waals surface area contributed by atoms with Gasteiger partial charge in [0.25, 0.3) is 0 Å². The van der Waals surface area contributed by atoms with Crippen LogP contribution < -0.4 is 0 Å². The molecule has 1 aromatic rings. The maximum absolute atomic E-state index is 11.4. The predicted molar refractivity (Wildman–Crippen MR) is 61.8 cm³/mol. The molecule has 0 aliphatic heterocycles. The van der Waals surface area contributed by atoms with E-state index >= 15 is 0 Å². The van der Waals surface area contributed by atoms with Gasteiger partial charge < -0.3 is 4.74 Å². The summed E-state index contributed by atoms with van der Waals surface area (Å²) in [6, 6.07) is 4.87. The summed E-state index contributed by atoms with van der Waals surface area (Å²) in [7, 11) is 1.24. The molecule has 3 nitrogen and oxygen atoms in total. The Bertz CT molecular complexity index is 416. The van der Waals surface area contributed by atoms with Crippen molar-refractivity contribution in [1.29, 1.82) is 0 Å². The molecule has 0 aromatic heterocycles. The Hall–Kier alpha value is -1.06. The van der Waals surface area contributed by atoms with Crippen LogP contribution in [0.2, 0.25) is 10.0 Å². The van der Waals surface area contributed by atoms with Crippen molar-refractivity contribution in [2.45, 2.75) is 12.8 Å². The van der Waals surface area contributed by atoms with Crippen LogP contribution in [-0.2, 0) is 20.7 Å². The van der Waals surface area contributed by atoms with Crippen molar-refractivity contribution >= 4 is 35.0 Å². The maximum atomic E-state index is 11.4. The quantitative estimate of drug-likeness (QED) is 0.618. The summed E-state index contributed by atoms with van der Waals surface area (Å²) in [4.78, 5) is 22.3. The molecule has 1 aromatic carbocycles. The molecule has 0 N–H and O–H groups in total. The normalized spacial score (nSPS) is 9.94. The summed E-state index contributed by atoms with van der Waals surface area (Å²) in [5.41, 5.74) is 0.653. The number of ether oxygens (including phenoxy) is 1. The predicted octanol–water partition coefficient (Wildman–Crippen LogP) is 2.67. The van der Waals surface area contributed by atoms with Crippen molar-refractivity contribution in [2.24, 2.45) is 0 Å². The van der Waals surface area contributed by atoms with Gasteiger partial charge >= 0.3 is 5.97 Å². The number of Topliss-reactive ketones (excluding diaryl/α,β-unsaturated/α-hetero) is 1. The van der Waals surface area contributed by atoms with Crippen LogP contribution in [0.3, 0.4) is 0 Å². The average Bonchev–Trinajstić information content (AvgIpc) is 2.22. The van der Waals surface area contributed by atoms with Crippen molar-refractivity contribution in [3.8, 4) is 0 Å². The summed E-state index contributed by atoms with van der Waals surface area (Å²) in [5, 5.41) is 0.930. The second-order valence-electron chi connectivity index (χ2n) is 3.20. The molecular weight excluding hydrogens is 251 g/mol. The third-order valence-corrected chi connectivity index (χ3v) is 2.56. The SMILES string of the molecule is COC(=O)CC(=O)Cc1ccc(Cl)cc1Cl. The van der Waals surface area contributed by atoms with Crippen LogP contribution in [-0.4, -0.2) is 18.9 Å². The van der Waals surface area contributed by atoms with E-state index in [9.17, 15) is 9.59 Å². The van der Waals surface area contributed by atoms with E-state index in [-0.39, 0.29) is 18.6 Å². The lowest BCUT2D eigenvalue weighted by atomic mass is 10.1. The molecule has 0 saturated carbocycles. The first-order chi connectivity index (χ1) is 7.52. The summed E-state index contributed by atoms with van der Waals surface area (Å²) in [6.07, 6.45) is -0.138. The van der Waals surface area contributed by atoms with Crippen LogP contribution in [0.4, 0.5) is 0 Å². The van der Waals surface area contributed by atoms with Gasteiger partial charge in [-0.15, -0.1) is 0 Å². The van der Waals surface area contributed by atoms with Gasteiger partial charge in [0, 0.05) is 16.5 Å². The summed E-state index contributed by atoms with van der Waals surface area (Å²) >= 11 is 11.6. The highest BCUT2D eigenvalue weighted by atomic mass is 35.5. The molecule has 1 rings (SSSR count). The minimum absolute atomic E-state index is 0.102. The number of carbonyl (C=O) groups is 2. The van der Waals surface area contributed by atoms with E-state index in [1.807, 2.05) is 0 Å². The lowest BCUT2D eigenvalue weighted by Crippen LogP contribution is -2.11. The Labute approximate surface area is 103 Å². The smallest absolute Gasteiger partial charge is 0.313 e. The number of carbonyl (C=O) groups excluding carboxylic acids is 2. The Morgan fingerprint density at radius 3 is 2.56 bits per heavy atom. The third kappa shape index (κ3) is 3.83. The highest BCUT2D eigenvalue weighted by Crippen LogP contribution is 2.21. The molecular formula is C11H10Cl2O3. The van der Waals surface area contributed by atoms with Crippen LogP contribution in [0.1, 0.15) is 12.0 Å². The molecule has 0 saturated heterocycles. The largest absolute Gasteiger partial charge is 0.469 e. The van der Waals surface area contributed by atoms with E-state index in [2.05, 4.69) is 4.74 Å². The molecule has 16 heavy (non-hydrogen) atoms. The fourth-order valence-electron chi connectivity index (χ4n) is 1.17. The minimum Gasteiger partial charge on any atom is -0.469 e. The van der Waals surface area contributed by atoms with Gasteiger partial charge in [-0.05, 0) is 17.7 Å². The van der Waals surface area contributed by atoms with Crippen molar-refractivity contribution in [2.75, 3.05) is 7.11 Å². The van der Waals surface area contributed by atoms with E-state index < -0.39 is 5.97 Å². The van der Waals surface area contributed by atoms with Crippen LogP contribution in [0.5, 0.6) is 0 Å². The van der Waals surface area contributed by atoms with Crippen LogP contribution in [0, 0.1) is 0 Å². The maximum Gasteiger partial charge on any atom is 0.313 e. The molecule has 0 aliphatic carbocycles. The molecule has 0 bridgehead atoms. The molecule has 0 radical (unpaired) electrons. The van der Waals surface area contributed by atoms with Crippen LogP contribution in [0.25, 0.3) is 0 Å². The van der Waals surface area contributed by atoms with Crippen molar-refractivity contribution in [3.63, 3.8) is 0 Å². The molecule has 0 fully saturated rings. The van der Waals surface area contributed by atoms with Gasteiger partial charge in [-0.1, -0.05) is 29.3 Å². The monoisotopic (exact) mass is 260 g/mol. The average molecular weight is 261 g/mol. The fourth-order valence-corrected chi connectivity index (χ4v) is 1.65. The Balaban J connectivity index is 2.66. The van der Waals surface area contributed by atoms with Gasteiger partial charge in [0.2, 0.25) is 0 Å². The van der Waals surface area contributed by atoms with Crippen LogP contribution in [0.15, 0.2) is 18.2 Å². The molecule has 0 atom stereocenters. The number of hydrogen-bond acceptors (Lipinski definition) is 3. The van der Waals surface area contributed by atoms with E-state index in [0.29, 0.717) is 15.6 Å². The summed E-state index contributed by atoms with van der Waals surface area (Å²) < 4.78 is 4.39. The Morgan fingerprint density at radius 1 is 1.31 bits per heavy atom.